The molecule has 1 aliphatic rings. The molecule has 0 aliphatic heterocycles. The lowest BCUT2D eigenvalue weighted by atomic mass is 9.82. The highest BCUT2D eigenvalue weighted by molar-refractivity contribution is 5.57. The van der Waals surface area contributed by atoms with Crippen LogP contribution in [0.3, 0.4) is 0 Å². The van der Waals surface area contributed by atoms with Crippen molar-refractivity contribution in [2.24, 2.45) is 17.6 Å². The fourth-order valence-corrected chi connectivity index (χ4v) is 3.86. The highest BCUT2D eigenvalue weighted by Crippen LogP contribution is 2.29. The van der Waals surface area contributed by atoms with E-state index in [1.54, 1.807) is 7.11 Å². The molecule has 1 aromatic carbocycles. The topological polar surface area (TPSA) is 128 Å². The Morgan fingerprint density at radius 3 is 2.63 bits per heavy atom. The predicted molar refractivity (Wildman–Crippen MR) is 117 cm³/mol. The van der Waals surface area contributed by atoms with Crippen molar-refractivity contribution in [3.05, 3.63) is 46.1 Å². The summed E-state index contributed by atoms with van der Waals surface area (Å²) in [6.45, 7) is 1.98. The van der Waals surface area contributed by atoms with E-state index >= 15 is 0 Å². The zero-order chi connectivity index (χ0) is 21.3. The Labute approximate surface area is 176 Å². The van der Waals surface area contributed by atoms with Gasteiger partial charge < -0.3 is 21.1 Å². The number of hydrogen-bond acceptors (Lipinski definition) is 8. The highest BCUT2D eigenvalue weighted by atomic mass is 16.6. The molecule has 1 aromatic heterocycles. The molecule has 2 aromatic rings. The average Bonchev–Trinajstić information content (AvgIpc) is 2.78. The number of nitrogens with two attached hydrogens (primary N) is 1. The van der Waals surface area contributed by atoms with Gasteiger partial charge in [-0.05, 0) is 62.1 Å². The second-order valence-corrected chi connectivity index (χ2v) is 7.68. The number of aromatic nitrogens is 2. The van der Waals surface area contributed by atoms with Crippen LogP contribution in [-0.4, -0.2) is 41.6 Å². The molecule has 0 unspecified atom stereocenters. The van der Waals surface area contributed by atoms with E-state index in [0.717, 1.165) is 50.0 Å². The quantitative estimate of drug-likeness (QED) is 0.399. The Morgan fingerprint density at radius 1 is 1.20 bits per heavy atom. The molecule has 1 heterocycles. The standard InChI is InChI=1S/C21H30N6O3/c1-30-19-5-3-2-4-17(19)10-11-23-21-25-14-18(27(28)29)20(26-21)24-13-16-8-6-15(12-22)7-9-16/h2-5,14-16H,6-13,22H2,1H3,(H2,23,24,25,26). The number of nitro groups is 1. The molecule has 9 heteroatoms. The van der Waals surface area contributed by atoms with Crippen molar-refractivity contribution in [2.75, 3.05) is 37.4 Å². The molecule has 0 radical (unpaired) electrons. The van der Waals surface area contributed by atoms with Crippen LogP contribution in [0.1, 0.15) is 31.2 Å². The maximum absolute atomic E-state index is 11.4. The van der Waals surface area contributed by atoms with Crippen molar-refractivity contribution < 1.29 is 9.66 Å². The first-order valence-corrected chi connectivity index (χ1v) is 10.4. The minimum Gasteiger partial charge on any atom is -0.496 e. The molecule has 9 nitrogen and oxygen atoms in total. The van der Waals surface area contributed by atoms with E-state index in [2.05, 4.69) is 20.6 Å². The zero-order valence-corrected chi connectivity index (χ0v) is 17.3. The maximum Gasteiger partial charge on any atom is 0.329 e. The molecule has 30 heavy (non-hydrogen) atoms. The number of rotatable bonds is 10. The SMILES string of the molecule is COc1ccccc1CCNc1ncc([N+](=O)[O-])c(NCC2CCC(CN)CC2)n1. The Balaban J connectivity index is 1.59. The third kappa shape index (κ3) is 5.79. The van der Waals surface area contributed by atoms with Crippen molar-refractivity contribution >= 4 is 17.5 Å². The number of ether oxygens (including phenoxy) is 1. The summed E-state index contributed by atoms with van der Waals surface area (Å²) in [4.78, 5) is 19.4. The molecular weight excluding hydrogens is 384 g/mol. The molecule has 0 spiro atoms. The van der Waals surface area contributed by atoms with Crippen molar-refractivity contribution in [3.8, 4) is 5.75 Å². The molecule has 3 rings (SSSR count). The molecule has 162 valence electrons. The van der Waals surface area contributed by atoms with Gasteiger partial charge in [-0.3, -0.25) is 10.1 Å². The van der Waals surface area contributed by atoms with E-state index in [-0.39, 0.29) is 11.5 Å². The normalized spacial score (nSPS) is 18.6. The number of nitrogens with one attached hydrogen (secondary N) is 2. The van der Waals surface area contributed by atoms with Crippen molar-refractivity contribution in [3.63, 3.8) is 0 Å². The summed E-state index contributed by atoms with van der Waals surface area (Å²) in [6.07, 6.45) is 6.37. The van der Waals surface area contributed by atoms with Gasteiger partial charge in [0.15, 0.2) is 0 Å². The van der Waals surface area contributed by atoms with Crippen LogP contribution in [-0.2, 0) is 6.42 Å². The summed E-state index contributed by atoms with van der Waals surface area (Å²) >= 11 is 0. The van der Waals surface area contributed by atoms with Gasteiger partial charge in [-0.15, -0.1) is 0 Å². The van der Waals surface area contributed by atoms with Gasteiger partial charge in [0.25, 0.3) is 0 Å². The Hall–Kier alpha value is -2.94. The van der Waals surface area contributed by atoms with Crippen LogP contribution in [0.15, 0.2) is 30.5 Å². The zero-order valence-electron chi connectivity index (χ0n) is 17.3. The third-order valence-electron chi connectivity index (χ3n) is 5.69. The van der Waals surface area contributed by atoms with Gasteiger partial charge in [0.2, 0.25) is 11.8 Å². The van der Waals surface area contributed by atoms with Crippen LogP contribution in [0.5, 0.6) is 5.75 Å². The summed E-state index contributed by atoms with van der Waals surface area (Å²) in [7, 11) is 1.64. The van der Waals surface area contributed by atoms with Crippen LogP contribution < -0.4 is 21.1 Å². The molecule has 1 fully saturated rings. The monoisotopic (exact) mass is 414 g/mol. The number of anilines is 2. The lowest BCUT2D eigenvalue weighted by molar-refractivity contribution is -0.384. The Kier molecular flexibility index (Phi) is 7.78. The van der Waals surface area contributed by atoms with Crippen molar-refractivity contribution in [1.82, 2.24) is 9.97 Å². The Bertz CT molecular complexity index is 839. The summed E-state index contributed by atoms with van der Waals surface area (Å²) in [5.41, 5.74) is 6.72. The summed E-state index contributed by atoms with van der Waals surface area (Å²) in [5, 5.41) is 17.7. The van der Waals surface area contributed by atoms with E-state index in [0.29, 0.717) is 30.9 Å². The van der Waals surface area contributed by atoms with Gasteiger partial charge in [0.05, 0.1) is 12.0 Å². The van der Waals surface area contributed by atoms with Crippen LogP contribution in [0.4, 0.5) is 17.5 Å². The van der Waals surface area contributed by atoms with E-state index in [1.807, 2.05) is 24.3 Å². The summed E-state index contributed by atoms with van der Waals surface area (Å²) < 4.78 is 5.36. The van der Waals surface area contributed by atoms with Gasteiger partial charge in [-0.2, -0.15) is 4.98 Å². The summed E-state index contributed by atoms with van der Waals surface area (Å²) in [6, 6.07) is 7.81. The average molecular weight is 415 g/mol. The minimum atomic E-state index is -0.452. The first-order valence-electron chi connectivity index (χ1n) is 10.4. The first-order chi connectivity index (χ1) is 14.6. The number of nitrogens with zero attached hydrogens (tertiary/aromatic N) is 3. The molecular formula is C21H30N6O3. The van der Waals surface area contributed by atoms with Crippen LogP contribution in [0.2, 0.25) is 0 Å². The Morgan fingerprint density at radius 2 is 1.93 bits per heavy atom. The van der Waals surface area contributed by atoms with Gasteiger partial charge in [0, 0.05) is 13.1 Å². The molecule has 0 amide bonds. The van der Waals surface area contributed by atoms with Gasteiger partial charge in [-0.1, -0.05) is 18.2 Å². The number of para-hydroxylation sites is 1. The fourth-order valence-electron chi connectivity index (χ4n) is 3.86. The molecule has 0 saturated heterocycles. The molecule has 0 bridgehead atoms. The van der Waals surface area contributed by atoms with Gasteiger partial charge >= 0.3 is 5.69 Å². The predicted octanol–water partition coefficient (Wildman–Crippen LogP) is 3.23. The van der Waals surface area contributed by atoms with Crippen molar-refractivity contribution in [2.45, 2.75) is 32.1 Å². The van der Waals surface area contributed by atoms with E-state index < -0.39 is 4.92 Å². The van der Waals surface area contributed by atoms with Gasteiger partial charge in [0.1, 0.15) is 11.9 Å². The second-order valence-electron chi connectivity index (χ2n) is 7.68. The van der Waals surface area contributed by atoms with Crippen LogP contribution in [0.25, 0.3) is 0 Å². The second kappa shape index (κ2) is 10.7. The van der Waals surface area contributed by atoms with E-state index in [9.17, 15) is 10.1 Å². The number of hydrogen-bond donors (Lipinski definition) is 3. The van der Waals surface area contributed by atoms with Crippen LogP contribution in [0, 0.1) is 22.0 Å². The number of methoxy groups -OCH3 is 1. The molecule has 4 N–H and O–H groups in total. The van der Waals surface area contributed by atoms with Crippen molar-refractivity contribution in [1.29, 1.82) is 0 Å². The smallest absolute Gasteiger partial charge is 0.329 e. The van der Waals surface area contributed by atoms with E-state index in [1.165, 1.54) is 6.20 Å². The van der Waals surface area contributed by atoms with Crippen LogP contribution >= 0.6 is 0 Å². The minimum absolute atomic E-state index is 0.110. The summed E-state index contributed by atoms with van der Waals surface area (Å²) in [5.74, 6) is 2.54. The first kappa shape index (κ1) is 21.8. The fraction of sp³-hybridized carbons (Fsp3) is 0.524. The lowest BCUT2D eigenvalue weighted by Gasteiger charge is -2.27. The largest absolute Gasteiger partial charge is 0.496 e. The molecule has 1 saturated carbocycles. The van der Waals surface area contributed by atoms with E-state index in [4.69, 9.17) is 10.5 Å². The number of benzene rings is 1. The third-order valence-corrected chi connectivity index (χ3v) is 5.69. The maximum atomic E-state index is 11.4. The van der Waals surface area contributed by atoms with Gasteiger partial charge in [-0.25, -0.2) is 4.98 Å². The lowest BCUT2D eigenvalue weighted by Crippen LogP contribution is -2.25. The highest BCUT2D eigenvalue weighted by Gasteiger charge is 2.22. The molecule has 0 atom stereocenters. The molecule has 1 aliphatic carbocycles.